The number of thioether (sulfide) groups is 1. The van der Waals surface area contributed by atoms with Gasteiger partial charge in [0.2, 0.25) is 5.91 Å². The van der Waals surface area contributed by atoms with Crippen molar-refractivity contribution in [2.24, 2.45) is 7.05 Å². The number of anilines is 1. The van der Waals surface area contributed by atoms with Crippen molar-refractivity contribution in [2.45, 2.75) is 25.0 Å². The Morgan fingerprint density at radius 1 is 1.06 bits per heavy atom. The van der Waals surface area contributed by atoms with Crippen molar-refractivity contribution in [2.75, 3.05) is 11.1 Å². The van der Waals surface area contributed by atoms with E-state index in [-0.39, 0.29) is 23.6 Å². The first kappa shape index (κ1) is 23.3. The lowest BCUT2D eigenvalue weighted by Gasteiger charge is -2.16. The largest absolute Gasteiger partial charge is 0.469 e. The number of benzene rings is 2. The molecule has 2 aromatic carbocycles. The maximum Gasteiger partial charge on any atom is 0.253 e. The minimum absolute atomic E-state index is 0.118. The van der Waals surface area contributed by atoms with E-state index in [4.69, 9.17) is 4.42 Å². The van der Waals surface area contributed by atoms with Crippen molar-refractivity contribution in [3.05, 3.63) is 83.8 Å². The van der Waals surface area contributed by atoms with Gasteiger partial charge < -0.3 is 19.6 Å². The average Bonchev–Trinajstić information content (AvgIpc) is 3.43. The first-order valence-electron chi connectivity index (χ1n) is 10.8. The molecule has 1 atom stereocenters. The molecule has 34 heavy (non-hydrogen) atoms. The number of hydrogen-bond acceptors (Lipinski definition) is 6. The number of carbonyl (C=O) groups is 2. The lowest BCUT2D eigenvalue weighted by molar-refractivity contribution is -0.113. The molecule has 0 spiro atoms. The van der Waals surface area contributed by atoms with Crippen LogP contribution in [0.1, 0.15) is 34.6 Å². The Kier molecular flexibility index (Phi) is 7.12. The van der Waals surface area contributed by atoms with Gasteiger partial charge in [-0.3, -0.25) is 9.59 Å². The van der Waals surface area contributed by atoms with Crippen LogP contribution in [0.2, 0.25) is 0 Å². The fourth-order valence-corrected chi connectivity index (χ4v) is 4.21. The predicted molar refractivity (Wildman–Crippen MR) is 132 cm³/mol. The van der Waals surface area contributed by atoms with Gasteiger partial charge >= 0.3 is 0 Å². The number of amides is 2. The van der Waals surface area contributed by atoms with Crippen molar-refractivity contribution >= 4 is 29.3 Å². The molecule has 2 N–H and O–H groups in total. The second-order valence-electron chi connectivity index (χ2n) is 7.74. The summed E-state index contributed by atoms with van der Waals surface area (Å²) in [6, 6.07) is 18.3. The average molecular weight is 476 g/mol. The molecule has 0 unspecified atom stereocenters. The van der Waals surface area contributed by atoms with E-state index in [2.05, 4.69) is 20.8 Å². The molecule has 0 bridgehead atoms. The van der Waals surface area contributed by atoms with Crippen LogP contribution in [0.25, 0.3) is 11.4 Å². The van der Waals surface area contributed by atoms with Gasteiger partial charge in [0.05, 0.1) is 34.9 Å². The molecule has 2 aromatic heterocycles. The third kappa shape index (κ3) is 5.20. The lowest BCUT2D eigenvalue weighted by Crippen LogP contribution is -2.28. The summed E-state index contributed by atoms with van der Waals surface area (Å²) in [5.41, 5.74) is 2.72. The third-order valence-corrected chi connectivity index (χ3v) is 6.38. The zero-order valence-corrected chi connectivity index (χ0v) is 19.9. The number of nitrogens with one attached hydrogen (secondary N) is 2. The van der Waals surface area contributed by atoms with Crippen LogP contribution in [0.3, 0.4) is 0 Å². The molecule has 4 aromatic rings. The number of rotatable bonds is 8. The van der Waals surface area contributed by atoms with Crippen LogP contribution in [0.5, 0.6) is 0 Å². The van der Waals surface area contributed by atoms with Gasteiger partial charge in [0.15, 0.2) is 11.0 Å². The van der Waals surface area contributed by atoms with Crippen LogP contribution in [-0.4, -0.2) is 32.3 Å². The minimum atomic E-state index is -0.256. The van der Waals surface area contributed by atoms with E-state index in [0.717, 1.165) is 16.9 Å². The number of aromatic nitrogens is 3. The van der Waals surface area contributed by atoms with E-state index in [9.17, 15) is 9.59 Å². The summed E-state index contributed by atoms with van der Waals surface area (Å²) in [5, 5.41) is 14.8. The summed E-state index contributed by atoms with van der Waals surface area (Å²) >= 11 is 1.27. The molecule has 4 rings (SSSR count). The van der Waals surface area contributed by atoms with E-state index >= 15 is 0 Å². The standard InChI is InChI=1S/C25H25N5O3S/c1-16(18-9-5-4-6-10-18)26-24(32)20-11-7-8-12-21(20)27-22(31)15-34-25-29-28-23(30(25)3)19-13-14-33-17(19)2/h4-14,16H,15H2,1-3H3,(H,26,32)(H,27,31)/t16-/m0/s1. The highest BCUT2D eigenvalue weighted by Gasteiger charge is 2.18. The van der Waals surface area contributed by atoms with Gasteiger partial charge in [0, 0.05) is 7.05 Å². The monoisotopic (exact) mass is 475 g/mol. The lowest BCUT2D eigenvalue weighted by atomic mass is 10.1. The van der Waals surface area contributed by atoms with Crippen molar-refractivity contribution in [3.8, 4) is 11.4 Å². The van der Waals surface area contributed by atoms with Gasteiger partial charge in [0.1, 0.15) is 5.76 Å². The summed E-state index contributed by atoms with van der Waals surface area (Å²) in [4.78, 5) is 25.6. The van der Waals surface area contributed by atoms with E-state index in [1.54, 1.807) is 30.5 Å². The second-order valence-corrected chi connectivity index (χ2v) is 8.69. The number of aryl methyl sites for hydroxylation is 1. The van der Waals surface area contributed by atoms with Gasteiger partial charge in [-0.05, 0) is 37.6 Å². The van der Waals surface area contributed by atoms with E-state index in [1.807, 2.05) is 61.9 Å². The second kappa shape index (κ2) is 10.4. The van der Waals surface area contributed by atoms with Crippen LogP contribution < -0.4 is 10.6 Å². The maximum absolute atomic E-state index is 12.9. The normalized spacial score (nSPS) is 11.7. The van der Waals surface area contributed by atoms with Crippen molar-refractivity contribution in [1.82, 2.24) is 20.1 Å². The highest BCUT2D eigenvalue weighted by Crippen LogP contribution is 2.26. The Morgan fingerprint density at radius 2 is 1.79 bits per heavy atom. The minimum Gasteiger partial charge on any atom is -0.469 e. The van der Waals surface area contributed by atoms with Crippen LogP contribution in [0, 0.1) is 6.92 Å². The zero-order chi connectivity index (χ0) is 24.1. The summed E-state index contributed by atoms with van der Waals surface area (Å²) in [7, 11) is 1.84. The Bertz CT molecular complexity index is 1300. The fourth-order valence-electron chi connectivity index (χ4n) is 3.50. The summed E-state index contributed by atoms with van der Waals surface area (Å²) < 4.78 is 7.16. The van der Waals surface area contributed by atoms with Gasteiger partial charge in [-0.25, -0.2) is 0 Å². The zero-order valence-electron chi connectivity index (χ0n) is 19.1. The van der Waals surface area contributed by atoms with Crippen LogP contribution >= 0.6 is 11.8 Å². The molecule has 8 nitrogen and oxygen atoms in total. The van der Waals surface area contributed by atoms with E-state index in [1.165, 1.54) is 11.8 Å². The molecule has 0 aliphatic carbocycles. The van der Waals surface area contributed by atoms with Gasteiger partial charge in [0.25, 0.3) is 5.91 Å². The number of nitrogens with zero attached hydrogens (tertiary/aromatic N) is 3. The molecule has 0 radical (unpaired) electrons. The maximum atomic E-state index is 12.9. The van der Waals surface area contributed by atoms with Crippen LogP contribution in [-0.2, 0) is 11.8 Å². The molecule has 2 amide bonds. The smallest absolute Gasteiger partial charge is 0.253 e. The molecule has 2 heterocycles. The quantitative estimate of drug-likeness (QED) is 0.361. The van der Waals surface area contributed by atoms with Gasteiger partial charge in [-0.1, -0.05) is 54.2 Å². The first-order chi connectivity index (χ1) is 16.4. The van der Waals surface area contributed by atoms with Crippen molar-refractivity contribution < 1.29 is 14.0 Å². The molecule has 0 saturated carbocycles. The van der Waals surface area contributed by atoms with Crippen molar-refractivity contribution in [3.63, 3.8) is 0 Å². The molecule has 174 valence electrons. The Morgan fingerprint density at radius 3 is 2.53 bits per heavy atom. The van der Waals surface area contributed by atoms with Crippen molar-refractivity contribution in [1.29, 1.82) is 0 Å². The summed E-state index contributed by atoms with van der Waals surface area (Å²) in [6.45, 7) is 3.78. The molecule has 0 aliphatic heterocycles. The van der Waals surface area contributed by atoms with Gasteiger partial charge in [-0.15, -0.1) is 10.2 Å². The summed E-state index contributed by atoms with van der Waals surface area (Å²) in [6.07, 6.45) is 1.60. The molecule has 0 saturated heterocycles. The molecule has 0 aliphatic rings. The highest BCUT2D eigenvalue weighted by molar-refractivity contribution is 7.99. The Labute approximate surface area is 201 Å². The highest BCUT2D eigenvalue weighted by atomic mass is 32.2. The van der Waals surface area contributed by atoms with E-state index < -0.39 is 0 Å². The summed E-state index contributed by atoms with van der Waals surface area (Å²) in [5.74, 6) is 1.04. The Balaban J connectivity index is 1.39. The Hall–Kier alpha value is -3.85. The molecule has 9 heteroatoms. The predicted octanol–water partition coefficient (Wildman–Crippen LogP) is 4.61. The number of para-hydroxylation sites is 1. The first-order valence-corrected chi connectivity index (χ1v) is 11.7. The number of hydrogen-bond donors (Lipinski definition) is 2. The number of carbonyl (C=O) groups excluding carboxylic acids is 2. The third-order valence-electron chi connectivity index (χ3n) is 5.36. The molecular weight excluding hydrogens is 450 g/mol. The SMILES string of the molecule is Cc1occc1-c1nnc(SCC(=O)Nc2ccccc2C(=O)N[C@@H](C)c2ccccc2)n1C. The fraction of sp³-hybridized carbons (Fsp3) is 0.200. The molecule has 0 fully saturated rings. The topological polar surface area (TPSA) is 102 Å². The molecular formula is C25H25N5O3S. The van der Waals surface area contributed by atoms with Crippen LogP contribution in [0.15, 0.2) is 76.5 Å². The van der Waals surface area contributed by atoms with E-state index in [0.29, 0.717) is 22.2 Å². The van der Waals surface area contributed by atoms with Gasteiger partial charge in [-0.2, -0.15) is 0 Å². The number of furan rings is 1. The van der Waals surface area contributed by atoms with Crippen LogP contribution in [0.4, 0.5) is 5.69 Å².